The molecule has 1 heterocycles. The second-order valence-corrected chi connectivity index (χ2v) is 2.61. The van der Waals surface area contributed by atoms with Crippen LogP contribution in [-0.4, -0.2) is 4.98 Å². The maximum absolute atomic E-state index is 12.8. The molecule has 0 aliphatic heterocycles. The van der Waals surface area contributed by atoms with Crippen LogP contribution in [0.15, 0.2) is 12.3 Å². The van der Waals surface area contributed by atoms with E-state index in [0.29, 0.717) is 16.6 Å². The molecule has 0 saturated heterocycles. The van der Waals surface area contributed by atoms with Crippen LogP contribution in [-0.2, 0) is 5.33 Å². The quantitative estimate of drug-likeness (QED) is 0.640. The van der Waals surface area contributed by atoms with Crippen LogP contribution in [0.2, 0.25) is 0 Å². The first-order valence-corrected chi connectivity index (χ1v) is 4.03. The second kappa shape index (κ2) is 3.10. The zero-order chi connectivity index (χ0) is 7.56. The van der Waals surface area contributed by atoms with E-state index >= 15 is 0 Å². The summed E-state index contributed by atoms with van der Waals surface area (Å²) in [7, 11) is 0. The zero-order valence-electron chi connectivity index (χ0n) is 5.56. The molecule has 3 heteroatoms. The Hall–Kier alpha value is -0.440. The van der Waals surface area contributed by atoms with Gasteiger partial charge < -0.3 is 0 Å². The van der Waals surface area contributed by atoms with E-state index in [0.717, 1.165) is 0 Å². The lowest BCUT2D eigenvalue weighted by atomic mass is 10.3. The van der Waals surface area contributed by atoms with Crippen LogP contribution in [0, 0.1) is 12.7 Å². The summed E-state index contributed by atoms with van der Waals surface area (Å²) in [6.45, 7) is 1.76. The molecule has 0 N–H and O–H groups in total. The number of rotatable bonds is 1. The summed E-state index contributed by atoms with van der Waals surface area (Å²) in [6.07, 6.45) is 1.54. The SMILES string of the molecule is Cc1cc(F)c(CBr)cn1. The Morgan fingerprint density at radius 3 is 2.90 bits per heavy atom. The van der Waals surface area contributed by atoms with Crippen LogP contribution in [0.3, 0.4) is 0 Å². The average molecular weight is 204 g/mol. The standard InChI is InChI=1S/C7H7BrFN/c1-5-2-7(9)6(3-8)4-10-5/h2,4H,3H2,1H3. The van der Waals surface area contributed by atoms with Gasteiger partial charge in [0.05, 0.1) is 0 Å². The number of pyridine rings is 1. The predicted octanol–water partition coefficient (Wildman–Crippen LogP) is 2.42. The van der Waals surface area contributed by atoms with Gasteiger partial charge >= 0.3 is 0 Å². The lowest BCUT2D eigenvalue weighted by molar-refractivity contribution is 0.613. The van der Waals surface area contributed by atoms with Crippen molar-refractivity contribution in [2.24, 2.45) is 0 Å². The third-order valence-corrected chi connectivity index (χ3v) is 1.81. The van der Waals surface area contributed by atoms with Crippen LogP contribution in [0.5, 0.6) is 0 Å². The van der Waals surface area contributed by atoms with Crippen LogP contribution in [0.25, 0.3) is 0 Å². The maximum Gasteiger partial charge on any atom is 0.130 e. The molecule has 0 saturated carbocycles. The van der Waals surface area contributed by atoms with Gasteiger partial charge in [-0.25, -0.2) is 4.39 Å². The van der Waals surface area contributed by atoms with E-state index in [-0.39, 0.29) is 5.82 Å². The molecule has 0 amide bonds. The number of nitrogens with zero attached hydrogens (tertiary/aromatic N) is 1. The molecule has 1 aromatic rings. The van der Waals surface area contributed by atoms with Crippen molar-refractivity contribution in [2.75, 3.05) is 0 Å². The van der Waals surface area contributed by atoms with E-state index in [1.165, 1.54) is 6.07 Å². The fraction of sp³-hybridized carbons (Fsp3) is 0.286. The van der Waals surface area contributed by atoms with E-state index in [1.807, 2.05) is 0 Å². The van der Waals surface area contributed by atoms with Gasteiger partial charge in [-0.3, -0.25) is 4.98 Å². The highest BCUT2D eigenvalue weighted by Crippen LogP contribution is 2.09. The molecule has 0 bridgehead atoms. The molecule has 1 aromatic heterocycles. The van der Waals surface area contributed by atoms with E-state index < -0.39 is 0 Å². The third kappa shape index (κ3) is 1.53. The Morgan fingerprint density at radius 1 is 1.70 bits per heavy atom. The third-order valence-electron chi connectivity index (χ3n) is 1.21. The summed E-state index contributed by atoms with van der Waals surface area (Å²) in [5, 5.41) is 0.520. The van der Waals surface area contributed by atoms with Gasteiger partial charge in [0.25, 0.3) is 0 Å². The van der Waals surface area contributed by atoms with E-state index in [9.17, 15) is 4.39 Å². The van der Waals surface area contributed by atoms with Crippen molar-refractivity contribution in [3.8, 4) is 0 Å². The van der Waals surface area contributed by atoms with Crippen molar-refractivity contribution in [2.45, 2.75) is 12.3 Å². The van der Waals surface area contributed by atoms with Crippen LogP contribution in [0.1, 0.15) is 11.3 Å². The zero-order valence-corrected chi connectivity index (χ0v) is 7.15. The fourth-order valence-corrected chi connectivity index (χ4v) is 1.07. The van der Waals surface area contributed by atoms with Gasteiger partial charge in [-0.15, -0.1) is 0 Å². The Morgan fingerprint density at radius 2 is 2.40 bits per heavy atom. The lowest BCUT2D eigenvalue weighted by Gasteiger charge is -1.97. The highest BCUT2D eigenvalue weighted by atomic mass is 79.9. The number of hydrogen-bond donors (Lipinski definition) is 0. The molecule has 10 heavy (non-hydrogen) atoms. The van der Waals surface area contributed by atoms with Crippen molar-refractivity contribution < 1.29 is 4.39 Å². The normalized spacial score (nSPS) is 9.90. The molecule has 1 rings (SSSR count). The minimum absolute atomic E-state index is 0.190. The molecule has 0 radical (unpaired) electrons. The van der Waals surface area contributed by atoms with Gasteiger partial charge in [0.15, 0.2) is 0 Å². The molecule has 54 valence electrons. The Kier molecular flexibility index (Phi) is 2.38. The summed E-state index contributed by atoms with van der Waals surface area (Å²) >= 11 is 3.15. The van der Waals surface area contributed by atoms with Gasteiger partial charge in [0.1, 0.15) is 5.82 Å². The minimum atomic E-state index is -0.190. The number of hydrogen-bond acceptors (Lipinski definition) is 1. The molecule has 1 nitrogen and oxygen atoms in total. The highest BCUT2D eigenvalue weighted by molar-refractivity contribution is 9.08. The first kappa shape index (κ1) is 7.66. The summed E-state index contributed by atoms with van der Waals surface area (Å²) in [5.74, 6) is -0.190. The largest absolute Gasteiger partial charge is 0.261 e. The number of halogens is 2. The minimum Gasteiger partial charge on any atom is -0.261 e. The summed E-state index contributed by atoms with van der Waals surface area (Å²) < 4.78 is 12.8. The number of aryl methyl sites for hydroxylation is 1. The first-order valence-electron chi connectivity index (χ1n) is 2.91. The Labute approximate surface area is 67.4 Å². The predicted molar refractivity (Wildman–Crippen MR) is 41.6 cm³/mol. The van der Waals surface area contributed by atoms with Crippen LogP contribution >= 0.6 is 15.9 Å². The molecule has 0 aliphatic rings. The molecule has 0 unspecified atom stereocenters. The van der Waals surface area contributed by atoms with Crippen LogP contribution < -0.4 is 0 Å². The lowest BCUT2D eigenvalue weighted by Crippen LogP contribution is -1.89. The van der Waals surface area contributed by atoms with Gasteiger partial charge in [-0.1, -0.05) is 15.9 Å². The van der Waals surface area contributed by atoms with Gasteiger partial charge in [-0.05, 0) is 13.0 Å². The number of aromatic nitrogens is 1. The average Bonchev–Trinajstić information content (AvgIpc) is 1.88. The highest BCUT2D eigenvalue weighted by Gasteiger charge is 1.99. The van der Waals surface area contributed by atoms with Gasteiger partial charge in [0, 0.05) is 22.8 Å². The first-order chi connectivity index (χ1) is 4.74. The van der Waals surface area contributed by atoms with Crippen molar-refractivity contribution in [1.29, 1.82) is 0 Å². The summed E-state index contributed by atoms with van der Waals surface area (Å²) in [4.78, 5) is 3.94. The molecule has 0 atom stereocenters. The Bertz CT molecular complexity index is 237. The van der Waals surface area contributed by atoms with Crippen molar-refractivity contribution in [3.05, 3.63) is 29.3 Å². The molecule has 0 fully saturated rings. The van der Waals surface area contributed by atoms with Crippen molar-refractivity contribution in [1.82, 2.24) is 4.98 Å². The van der Waals surface area contributed by atoms with E-state index in [4.69, 9.17) is 0 Å². The molecule has 0 aliphatic carbocycles. The Balaban J connectivity index is 3.07. The molecular weight excluding hydrogens is 197 g/mol. The van der Waals surface area contributed by atoms with Crippen LogP contribution in [0.4, 0.5) is 4.39 Å². The number of alkyl halides is 1. The summed E-state index contributed by atoms with van der Waals surface area (Å²) in [6, 6.07) is 1.43. The molecule has 0 aromatic carbocycles. The summed E-state index contributed by atoms with van der Waals surface area (Å²) in [5.41, 5.74) is 1.31. The van der Waals surface area contributed by atoms with E-state index in [1.54, 1.807) is 13.1 Å². The molecule has 0 spiro atoms. The second-order valence-electron chi connectivity index (χ2n) is 2.05. The van der Waals surface area contributed by atoms with Gasteiger partial charge in [-0.2, -0.15) is 0 Å². The maximum atomic E-state index is 12.8. The van der Waals surface area contributed by atoms with Crippen molar-refractivity contribution in [3.63, 3.8) is 0 Å². The molecular formula is C7H7BrFN. The van der Waals surface area contributed by atoms with Gasteiger partial charge in [0.2, 0.25) is 0 Å². The van der Waals surface area contributed by atoms with Crippen molar-refractivity contribution >= 4 is 15.9 Å². The topological polar surface area (TPSA) is 12.9 Å². The monoisotopic (exact) mass is 203 g/mol. The smallest absolute Gasteiger partial charge is 0.130 e. The fourth-order valence-electron chi connectivity index (χ4n) is 0.653. The van der Waals surface area contributed by atoms with E-state index in [2.05, 4.69) is 20.9 Å².